The van der Waals surface area contributed by atoms with Gasteiger partial charge in [-0.2, -0.15) is 0 Å². The Hall–Kier alpha value is -1.66. The Kier molecular flexibility index (Phi) is 3.78. The van der Waals surface area contributed by atoms with E-state index in [9.17, 15) is 9.59 Å². The molecular formula is C11H7BrClN3O2. The van der Waals surface area contributed by atoms with Gasteiger partial charge in [-0.1, -0.05) is 11.6 Å². The summed E-state index contributed by atoms with van der Waals surface area (Å²) >= 11 is 9.08. The van der Waals surface area contributed by atoms with Crippen LogP contribution in [0.25, 0.3) is 0 Å². The highest BCUT2D eigenvalue weighted by molar-refractivity contribution is 9.10. The molecule has 0 saturated carbocycles. The second-order valence-corrected chi connectivity index (χ2v) is 4.67. The van der Waals surface area contributed by atoms with Crippen molar-refractivity contribution in [2.75, 3.05) is 5.32 Å². The number of aromatic nitrogens is 2. The van der Waals surface area contributed by atoms with Gasteiger partial charge in [-0.05, 0) is 34.1 Å². The monoisotopic (exact) mass is 327 g/mol. The summed E-state index contributed by atoms with van der Waals surface area (Å²) in [4.78, 5) is 28.7. The highest BCUT2D eigenvalue weighted by Crippen LogP contribution is 2.26. The normalized spacial score (nSPS) is 10.1. The fraction of sp³-hybridized carbons (Fsp3) is 0. The standard InChI is InChI=1S/C11H7BrClN3O2/c12-7-3-6(13)1-2-8(7)16-11(18)9-4-15-10(17)5-14-9/h1-5H,(H,15,17)(H,16,18). The molecule has 0 radical (unpaired) electrons. The van der Waals surface area contributed by atoms with E-state index in [4.69, 9.17) is 11.6 Å². The van der Waals surface area contributed by atoms with Crippen molar-refractivity contribution in [1.82, 2.24) is 9.97 Å². The van der Waals surface area contributed by atoms with Crippen molar-refractivity contribution in [2.24, 2.45) is 0 Å². The number of rotatable bonds is 2. The molecular weight excluding hydrogens is 321 g/mol. The number of carbonyl (C=O) groups excluding carboxylic acids is 1. The molecule has 1 aromatic carbocycles. The lowest BCUT2D eigenvalue weighted by Gasteiger charge is -2.06. The largest absolute Gasteiger partial charge is 0.325 e. The number of hydrogen-bond donors (Lipinski definition) is 2. The number of hydrogen-bond acceptors (Lipinski definition) is 3. The van der Waals surface area contributed by atoms with Crippen LogP contribution in [0.4, 0.5) is 5.69 Å². The molecule has 18 heavy (non-hydrogen) atoms. The summed E-state index contributed by atoms with van der Waals surface area (Å²) in [7, 11) is 0. The molecule has 0 aliphatic carbocycles. The van der Waals surface area contributed by atoms with Crippen LogP contribution in [-0.4, -0.2) is 15.9 Å². The van der Waals surface area contributed by atoms with Crippen LogP contribution in [0.2, 0.25) is 5.02 Å². The Morgan fingerprint density at radius 2 is 2.22 bits per heavy atom. The minimum absolute atomic E-state index is 0.122. The van der Waals surface area contributed by atoms with E-state index in [2.05, 4.69) is 31.2 Å². The van der Waals surface area contributed by atoms with Gasteiger partial charge >= 0.3 is 0 Å². The molecule has 0 aliphatic rings. The molecule has 0 saturated heterocycles. The number of H-pyrrole nitrogens is 1. The summed E-state index contributed by atoms with van der Waals surface area (Å²) in [5.74, 6) is -0.422. The number of anilines is 1. The van der Waals surface area contributed by atoms with Crippen LogP contribution in [0.3, 0.4) is 0 Å². The molecule has 2 rings (SSSR count). The van der Waals surface area contributed by atoms with Crippen LogP contribution in [0.5, 0.6) is 0 Å². The van der Waals surface area contributed by atoms with Crippen LogP contribution in [0.15, 0.2) is 39.9 Å². The number of halogens is 2. The Balaban J connectivity index is 2.21. The zero-order valence-corrected chi connectivity index (χ0v) is 11.2. The van der Waals surface area contributed by atoms with Crippen molar-refractivity contribution >= 4 is 39.1 Å². The Bertz CT molecular complexity index is 636. The van der Waals surface area contributed by atoms with Gasteiger partial charge < -0.3 is 10.3 Å². The van der Waals surface area contributed by atoms with Crippen molar-refractivity contribution in [3.05, 3.63) is 56.1 Å². The zero-order valence-electron chi connectivity index (χ0n) is 8.91. The van der Waals surface area contributed by atoms with Gasteiger partial charge in [-0.3, -0.25) is 9.59 Å². The second kappa shape index (κ2) is 5.32. The van der Waals surface area contributed by atoms with Gasteiger partial charge in [0, 0.05) is 15.7 Å². The van der Waals surface area contributed by atoms with Crippen molar-refractivity contribution in [3.63, 3.8) is 0 Å². The van der Waals surface area contributed by atoms with Crippen molar-refractivity contribution < 1.29 is 4.79 Å². The number of amides is 1. The second-order valence-electron chi connectivity index (χ2n) is 3.37. The van der Waals surface area contributed by atoms with Crippen molar-refractivity contribution in [1.29, 1.82) is 0 Å². The van der Waals surface area contributed by atoms with E-state index in [1.807, 2.05) is 0 Å². The third-order valence-electron chi connectivity index (χ3n) is 2.08. The smallest absolute Gasteiger partial charge is 0.275 e. The molecule has 0 bridgehead atoms. The first-order valence-corrected chi connectivity index (χ1v) is 6.04. The Labute approximate surface area is 115 Å². The molecule has 1 aromatic heterocycles. The zero-order chi connectivity index (χ0) is 13.1. The molecule has 1 heterocycles. The van der Waals surface area contributed by atoms with E-state index in [1.54, 1.807) is 18.2 Å². The minimum Gasteiger partial charge on any atom is -0.325 e. The lowest BCUT2D eigenvalue weighted by Crippen LogP contribution is -2.17. The molecule has 0 fully saturated rings. The van der Waals surface area contributed by atoms with Crippen molar-refractivity contribution in [2.45, 2.75) is 0 Å². The molecule has 2 aromatic rings. The summed E-state index contributed by atoms with van der Waals surface area (Å²) in [5.41, 5.74) is 0.327. The SMILES string of the molecule is O=C(Nc1ccc(Cl)cc1Br)c1c[nH]c(=O)cn1. The highest BCUT2D eigenvalue weighted by atomic mass is 79.9. The predicted octanol–water partition coefficient (Wildman–Crippen LogP) is 2.44. The number of nitrogens with one attached hydrogen (secondary N) is 2. The van der Waals surface area contributed by atoms with E-state index >= 15 is 0 Å². The molecule has 2 N–H and O–H groups in total. The lowest BCUT2D eigenvalue weighted by atomic mass is 10.3. The maximum Gasteiger partial charge on any atom is 0.275 e. The molecule has 5 nitrogen and oxygen atoms in total. The Morgan fingerprint density at radius 1 is 1.44 bits per heavy atom. The van der Waals surface area contributed by atoms with Crippen LogP contribution in [0.1, 0.15) is 10.5 Å². The minimum atomic E-state index is -0.422. The molecule has 0 spiro atoms. The summed E-state index contributed by atoms with van der Waals surface area (Å²) in [6.07, 6.45) is 2.30. The fourth-order valence-corrected chi connectivity index (χ4v) is 2.03. The topological polar surface area (TPSA) is 74.8 Å². The quantitative estimate of drug-likeness (QED) is 0.889. The predicted molar refractivity (Wildman–Crippen MR) is 72.0 cm³/mol. The van der Waals surface area contributed by atoms with Crippen LogP contribution < -0.4 is 10.9 Å². The average molecular weight is 329 g/mol. The van der Waals surface area contributed by atoms with Crippen LogP contribution in [-0.2, 0) is 0 Å². The average Bonchev–Trinajstić information content (AvgIpc) is 2.33. The number of benzene rings is 1. The third-order valence-corrected chi connectivity index (χ3v) is 2.98. The highest BCUT2D eigenvalue weighted by Gasteiger charge is 2.09. The molecule has 7 heteroatoms. The van der Waals surface area contributed by atoms with E-state index < -0.39 is 5.91 Å². The molecule has 0 unspecified atom stereocenters. The van der Waals surface area contributed by atoms with E-state index in [-0.39, 0.29) is 11.3 Å². The lowest BCUT2D eigenvalue weighted by molar-refractivity contribution is 0.102. The number of nitrogens with zero attached hydrogens (tertiary/aromatic N) is 1. The summed E-state index contributed by atoms with van der Waals surface area (Å²) in [6, 6.07) is 4.98. The number of carbonyl (C=O) groups is 1. The number of aromatic amines is 1. The third kappa shape index (κ3) is 2.96. The van der Waals surface area contributed by atoms with Gasteiger partial charge in [0.1, 0.15) is 5.69 Å². The molecule has 0 atom stereocenters. The van der Waals surface area contributed by atoms with Crippen molar-refractivity contribution in [3.8, 4) is 0 Å². The van der Waals surface area contributed by atoms with Gasteiger partial charge in [0.2, 0.25) is 0 Å². The van der Waals surface area contributed by atoms with Crippen LogP contribution in [0, 0.1) is 0 Å². The van der Waals surface area contributed by atoms with Gasteiger partial charge in [0.25, 0.3) is 11.5 Å². The fourth-order valence-electron chi connectivity index (χ4n) is 1.24. The van der Waals surface area contributed by atoms with Gasteiger partial charge in [0.05, 0.1) is 11.9 Å². The van der Waals surface area contributed by atoms with E-state index in [0.717, 1.165) is 6.20 Å². The first-order valence-electron chi connectivity index (χ1n) is 4.87. The van der Waals surface area contributed by atoms with E-state index in [0.29, 0.717) is 15.2 Å². The molecule has 0 aliphatic heterocycles. The first-order chi connectivity index (χ1) is 8.56. The molecule has 92 valence electrons. The maximum atomic E-state index is 11.8. The van der Waals surface area contributed by atoms with Gasteiger partial charge in [-0.25, -0.2) is 4.98 Å². The Morgan fingerprint density at radius 3 is 2.83 bits per heavy atom. The maximum absolute atomic E-state index is 11.8. The van der Waals surface area contributed by atoms with Crippen LogP contribution >= 0.6 is 27.5 Å². The van der Waals surface area contributed by atoms with E-state index in [1.165, 1.54) is 6.20 Å². The first kappa shape index (κ1) is 12.8. The summed E-state index contributed by atoms with van der Waals surface area (Å²) in [5, 5.41) is 3.20. The summed E-state index contributed by atoms with van der Waals surface area (Å²) in [6.45, 7) is 0. The van der Waals surface area contributed by atoms with Gasteiger partial charge in [0.15, 0.2) is 0 Å². The molecule has 1 amide bonds. The summed E-state index contributed by atoms with van der Waals surface area (Å²) < 4.78 is 0.660. The van der Waals surface area contributed by atoms with Gasteiger partial charge in [-0.15, -0.1) is 0 Å².